The van der Waals surface area contributed by atoms with E-state index in [9.17, 15) is 0 Å². The number of anilines is 1. The van der Waals surface area contributed by atoms with Crippen molar-refractivity contribution in [3.63, 3.8) is 0 Å². The Balaban J connectivity index is 2.25. The van der Waals surface area contributed by atoms with Crippen molar-refractivity contribution in [1.82, 2.24) is 0 Å². The lowest BCUT2D eigenvalue weighted by Crippen LogP contribution is -2.21. The lowest BCUT2D eigenvalue weighted by molar-refractivity contribution is 0.782. The molecule has 3 heteroatoms. The highest BCUT2D eigenvalue weighted by molar-refractivity contribution is 6.30. The van der Waals surface area contributed by atoms with Crippen molar-refractivity contribution in [3.05, 3.63) is 64.2 Å². The van der Waals surface area contributed by atoms with Crippen molar-refractivity contribution in [3.8, 4) is 0 Å². The van der Waals surface area contributed by atoms with Gasteiger partial charge in [0.25, 0.3) is 0 Å². The number of nitrogens with one attached hydrogen (secondary N) is 1. The number of aryl methyl sites for hydroxylation is 1. The average Bonchev–Trinajstić information content (AvgIpc) is 2.42. The van der Waals surface area contributed by atoms with Gasteiger partial charge in [0, 0.05) is 17.3 Å². The molecule has 1 atom stereocenters. The van der Waals surface area contributed by atoms with Gasteiger partial charge in [-0.1, -0.05) is 29.8 Å². The van der Waals surface area contributed by atoms with E-state index in [1.54, 1.807) is 0 Å². The Labute approximate surface area is 119 Å². The molecule has 19 heavy (non-hydrogen) atoms. The minimum Gasteiger partial charge on any atom is -0.377 e. The molecule has 2 aromatic rings. The molecule has 0 fully saturated rings. The van der Waals surface area contributed by atoms with Crippen LogP contribution in [0.2, 0.25) is 5.02 Å². The second kappa shape index (κ2) is 6.09. The van der Waals surface area contributed by atoms with Gasteiger partial charge in [-0.2, -0.15) is 0 Å². The summed E-state index contributed by atoms with van der Waals surface area (Å²) in [4.78, 5) is 0. The van der Waals surface area contributed by atoms with E-state index in [4.69, 9.17) is 17.3 Å². The topological polar surface area (TPSA) is 38.0 Å². The van der Waals surface area contributed by atoms with E-state index in [1.807, 2.05) is 24.3 Å². The lowest BCUT2D eigenvalue weighted by atomic mass is 9.97. The molecule has 2 rings (SSSR count). The summed E-state index contributed by atoms with van der Waals surface area (Å²) in [6.45, 7) is 4.80. The molecule has 1 unspecified atom stereocenters. The van der Waals surface area contributed by atoms with Gasteiger partial charge in [-0.25, -0.2) is 0 Å². The highest BCUT2D eigenvalue weighted by atomic mass is 35.5. The van der Waals surface area contributed by atoms with Gasteiger partial charge in [-0.15, -0.1) is 0 Å². The van der Waals surface area contributed by atoms with Crippen LogP contribution in [0.3, 0.4) is 0 Å². The summed E-state index contributed by atoms with van der Waals surface area (Å²) in [6.07, 6.45) is 0. The first-order chi connectivity index (χ1) is 9.11. The highest BCUT2D eigenvalue weighted by Gasteiger charge is 2.12. The Morgan fingerprint density at radius 3 is 2.42 bits per heavy atom. The molecule has 0 saturated carbocycles. The second-order valence-electron chi connectivity index (χ2n) is 4.73. The van der Waals surface area contributed by atoms with Crippen molar-refractivity contribution in [2.75, 3.05) is 11.9 Å². The predicted molar refractivity (Wildman–Crippen MR) is 82.8 cm³/mol. The van der Waals surface area contributed by atoms with Gasteiger partial charge < -0.3 is 11.1 Å². The molecule has 2 nitrogen and oxygen atoms in total. The van der Waals surface area contributed by atoms with Gasteiger partial charge >= 0.3 is 0 Å². The molecule has 0 aliphatic rings. The van der Waals surface area contributed by atoms with E-state index in [0.29, 0.717) is 6.54 Å². The summed E-state index contributed by atoms with van der Waals surface area (Å²) in [5, 5.41) is 4.19. The quantitative estimate of drug-likeness (QED) is 0.882. The van der Waals surface area contributed by atoms with Crippen molar-refractivity contribution >= 4 is 17.3 Å². The summed E-state index contributed by atoms with van der Waals surface area (Å²) in [7, 11) is 0. The molecule has 0 saturated heterocycles. The molecule has 0 aliphatic heterocycles. The molecule has 0 bridgehead atoms. The van der Waals surface area contributed by atoms with Crippen LogP contribution < -0.4 is 11.1 Å². The summed E-state index contributed by atoms with van der Waals surface area (Å²) >= 11 is 5.89. The molecule has 2 aromatic carbocycles. The molecule has 0 amide bonds. The Hall–Kier alpha value is -1.51. The number of rotatable bonds is 4. The van der Waals surface area contributed by atoms with E-state index >= 15 is 0 Å². The fourth-order valence-electron chi connectivity index (χ4n) is 2.16. The maximum atomic E-state index is 5.91. The number of hydrogen-bond acceptors (Lipinski definition) is 2. The van der Waals surface area contributed by atoms with E-state index in [2.05, 4.69) is 37.4 Å². The molecular formula is C16H19ClN2. The number of nitrogens with two attached hydrogens (primary N) is 1. The maximum absolute atomic E-state index is 5.91. The third-order valence-electron chi connectivity index (χ3n) is 3.44. The lowest BCUT2D eigenvalue weighted by Gasteiger charge is -2.21. The normalized spacial score (nSPS) is 12.2. The predicted octanol–water partition coefficient (Wildman–Crippen LogP) is 4.07. The van der Waals surface area contributed by atoms with Crippen molar-refractivity contribution in [2.24, 2.45) is 5.73 Å². The van der Waals surface area contributed by atoms with Crippen LogP contribution in [-0.4, -0.2) is 6.54 Å². The Kier molecular flexibility index (Phi) is 4.46. The van der Waals surface area contributed by atoms with E-state index in [-0.39, 0.29) is 6.04 Å². The minimum absolute atomic E-state index is 0.112. The van der Waals surface area contributed by atoms with Gasteiger partial charge in [0.15, 0.2) is 0 Å². The summed E-state index contributed by atoms with van der Waals surface area (Å²) in [6, 6.07) is 14.1. The fourth-order valence-corrected chi connectivity index (χ4v) is 2.29. The first-order valence-electron chi connectivity index (χ1n) is 6.40. The van der Waals surface area contributed by atoms with Crippen molar-refractivity contribution in [2.45, 2.75) is 19.9 Å². The van der Waals surface area contributed by atoms with Crippen LogP contribution in [0, 0.1) is 13.8 Å². The van der Waals surface area contributed by atoms with Gasteiger partial charge in [-0.3, -0.25) is 0 Å². The van der Waals surface area contributed by atoms with Crippen molar-refractivity contribution < 1.29 is 0 Å². The monoisotopic (exact) mass is 274 g/mol. The van der Waals surface area contributed by atoms with Crippen LogP contribution in [0.25, 0.3) is 0 Å². The largest absolute Gasteiger partial charge is 0.377 e. The standard InChI is InChI=1S/C16H19ClN2/c1-11-4-3-5-15(12(11)2)16(10-18)19-14-8-6-13(17)7-9-14/h3-9,16,19H,10,18H2,1-2H3. The van der Waals surface area contributed by atoms with Crippen LogP contribution in [0.15, 0.2) is 42.5 Å². The van der Waals surface area contributed by atoms with Crippen LogP contribution in [0.4, 0.5) is 5.69 Å². The van der Waals surface area contributed by atoms with E-state index in [1.165, 1.54) is 16.7 Å². The van der Waals surface area contributed by atoms with Crippen LogP contribution in [0.5, 0.6) is 0 Å². The number of halogens is 1. The smallest absolute Gasteiger partial charge is 0.0638 e. The summed E-state index contributed by atoms with van der Waals surface area (Å²) < 4.78 is 0. The van der Waals surface area contributed by atoms with Gasteiger partial charge in [0.2, 0.25) is 0 Å². The zero-order valence-electron chi connectivity index (χ0n) is 11.3. The molecule has 0 heterocycles. The molecule has 0 aliphatic carbocycles. The van der Waals surface area contributed by atoms with Crippen LogP contribution in [-0.2, 0) is 0 Å². The SMILES string of the molecule is Cc1cccc(C(CN)Nc2ccc(Cl)cc2)c1C. The summed E-state index contributed by atoms with van der Waals surface area (Å²) in [5.41, 5.74) is 10.8. The molecule has 0 radical (unpaired) electrons. The van der Waals surface area contributed by atoms with Gasteiger partial charge in [0.1, 0.15) is 0 Å². The molecule has 3 N–H and O–H groups in total. The Morgan fingerprint density at radius 1 is 1.11 bits per heavy atom. The summed E-state index contributed by atoms with van der Waals surface area (Å²) in [5.74, 6) is 0. The molecule has 0 aromatic heterocycles. The molecular weight excluding hydrogens is 256 g/mol. The Morgan fingerprint density at radius 2 is 1.79 bits per heavy atom. The van der Waals surface area contributed by atoms with E-state index < -0.39 is 0 Å². The number of hydrogen-bond donors (Lipinski definition) is 2. The third-order valence-corrected chi connectivity index (χ3v) is 3.69. The second-order valence-corrected chi connectivity index (χ2v) is 5.17. The van der Waals surface area contributed by atoms with Crippen molar-refractivity contribution in [1.29, 1.82) is 0 Å². The fraction of sp³-hybridized carbons (Fsp3) is 0.250. The minimum atomic E-state index is 0.112. The molecule has 0 spiro atoms. The first kappa shape index (κ1) is 13.9. The van der Waals surface area contributed by atoms with Crippen LogP contribution in [0.1, 0.15) is 22.7 Å². The zero-order chi connectivity index (χ0) is 13.8. The third kappa shape index (κ3) is 3.28. The van der Waals surface area contributed by atoms with E-state index in [0.717, 1.165) is 10.7 Å². The van der Waals surface area contributed by atoms with Crippen LogP contribution >= 0.6 is 11.6 Å². The average molecular weight is 275 g/mol. The van der Waals surface area contributed by atoms with Gasteiger partial charge in [-0.05, 0) is 54.8 Å². The zero-order valence-corrected chi connectivity index (χ0v) is 12.0. The Bertz CT molecular complexity index is 549. The maximum Gasteiger partial charge on any atom is 0.0638 e. The first-order valence-corrected chi connectivity index (χ1v) is 6.78. The van der Waals surface area contributed by atoms with Gasteiger partial charge in [0.05, 0.1) is 6.04 Å². The molecule has 100 valence electrons. The highest BCUT2D eigenvalue weighted by Crippen LogP contribution is 2.24. The number of benzene rings is 2.